The van der Waals surface area contributed by atoms with Crippen molar-refractivity contribution in [3.05, 3.63) is 29.3 Å². The fourth-order valence-electron chi connectivity index (χ4n) is 1.35. The molecule has 0 aliphatic heterocycles. The molecule has 0 unspecified atom stereocenters. The minimum absolute atomic E-state index is 0.198. The molecule has 0 aliphatic rings. The normalized spacial score (nSPS) is 11.7. The van der Waals surface area contributed by atoms with Crippen molar-refractivity contribution in [1.29, 1.82) is 0 Å². The number of phenols is 1. The molecule has 0 aliphatic carbocycles. The van der Waals surface area contributed by atoms with Gasteiger partial charge in [0.15, 0.2) is 0 Å². The van der Waals surface area contributed by atoms with Crippen LogP contribution in [0.4, 0.5) is 0 Å². The van der Waals surface area contributed by atoms with Gasteiger partial charge in [-0.1, -0.05) is 17.7 Å². The Labute approximate surface area is 90.7 Å². The second-order valence-corrected chi connectivity index (χ2v) is 5.37. The van der Waals surface area contributed by atoms with Crippen molar-refractivity contribution in [1.82, 2.24) is 0 Å². The highest BCUT2D eigenvalue weighted by atomic mass is 35.5. The van der Waals surface area contributed by atoms with Crippen LogP contribution in [0, 0.1) is 6.92 Å². The lowest BCUT2D eigenvalue weighted by Crippen LogP contribution is -2.11. The monoisotopic (exact) mass is 212 g/mol. The van der Waals surface area contributed by atoms with Crippen LogP contribution in [0.25, 0.3) is 0 Å². The lowest BCUT2D eigenvalue weighted by molar-refractivity contribution is 0.464. The van der Waals surface area contributed by atoms with Gasteiger partial charge in [0.2, 0.25) is 0 Å². The average Bonchev–Trinajstić information content (AvgIpc) is 2.05. The van der Waals surface area contributed by atoms with Crippen LogP contribution in [0.15, 0.2) is 18.2 Å². The first-order valence-electron chi connectivity index (χ1n) is 4.86. The molecule has 1 rings (SSSR count). The Kier molecular flexibility index (Phi) is 3.43. The maximum absolute atomic E-state index is 9.59. The molecule has 0 heterocycles. The summed E-state index contributed by atoms with van der Waals surface area (Å²) in [5, 5.41) is 9.59. The highest BCUT2D eigenvalue weighted by Crippen LogP contribution is 2.25. The number of halogens is 1. The van der Waals surface area contributed by atoms with E-state index in [0.29, 0.717) is 5.75 Å². The van der Waals surface area contributed by atoms with Crippen LogP contribution in [0.5, 0.6) is 5.75 Å². The summed E-state index contributed by atoms with van der Waals surface area (Å²) in [4.78, 5) is -0.198. The molecule has 1 aromatic carbocycles. The number of rotatable bonds is 3. The summed E-state index contributed by atoms with van der Waals surface area (Å²) in [5.41, 5.74) is 2.16. The van der Waals surface area contributed by atoms with Crippen molar-refractivity contribution in [3.63, 3.8) is 0 Å². The first-order chi connectivity index (χ1) is 6.38. The van der Waals surface area contributed by atoms with Crippen molar-refractivity contribution >= 4 is 11.6 Å². The number of aryl methyl sites for hydroxylation is 2. The molecule has 78 valence electrons. The van der Waals surface area contributed by atoms with E-state index in [2.05, 4.69) is 0 Å². The molecule has 0 saturated carbocycles. The van der Waals surface area contributed by atoms with Crippen LogP contribution >= 0.6 is 11.6 Å². The van der Waals surface area contributed by atoms with Gasteiger partial charge in [-0.2, -0.15) is 0 Å². The van der Waals surface area contributed by atoms with E-state index in [9.17, 15) is 5.11 Å². The summed E-state index contributed by atoms with van der Waals surface area (Å²) < 4.78 is 0. The van der Waals surface area contributed by atoms with Crippen LogP contribution in [-0.4, -0.2) is 9.98 Å². The predicted molar refractivity (Wildman–Crippen MR) is 61.1 cm³/mol. The van der Waals surface area contributed by atoms with Gasteiger partial charge in [0, 0.05) is 4.87 Å². The number of benzene rings is 1. The smallest absolute Gasteiger partial charge is 0.118 e. The number of alkyl halides is 1. The highest BCUT2D eigenvalue weighted by molar-refractivity contribution is 6.23. The Morgan fingerprint density at radius 3 is 2.57 bits per heavy atom. The SMILES string of the molecule is Cc1ccc(O)c(CCC(C)(C)Cl)c1. The summed E-state index contributed by atoms with van der Waals surface area (Å²) in [6, 6.07) is 5.66. The molecule has 1 nitrogen and oxygen atoms in total. The average molecular weight is 213 g/mol. The summed E-state index contributed by atoms with van der Waals surface area (Å²) in [7, 11) is 0. The first-order valence-corrected chi connectivity index (χ1v) is 5.24. The van der Waals surface area contributed by atoms with E-state index in [4.69, 9.17) is 11.6 Å². The molecule has 2 heteroatoms. The van der Waals surface area contributed by atoms with Crippen LogP contribution in [0.1, 0.15) is 31.4 Å². The summed E-state index contributed by atoms with van der Waals surface area (Å²) >= 11 is 6.09. The van der Waals surface area contributed by atoms with Gasteiger partial charge in [0.25, 0.3) is 0 Å². The Bertz CT molecular complexity index is 313. The molecule has 0 amide bonds. The third kappa shape index (κ3) is 3.59. The Morgan fingerprint density at radius 2 is 2.00 bits per heavy atom. The van der Waals surface area contributed by atoms with E-state index in [-0.39, 0.29) is 4.87 Å². The molecule has 0 radical (unpaired) electrons. The zero-order valence-electron chi connectivity index (χ0n) is 8.97. The Balaban J connectivity index is 2.72. The third-order valence-electron chi connectivity index (χ3n) is 2.22. The molecule has 0 fully saturated rings. The highest BCUT2D eigenvalue weighted by Gasteiger charge is 2.14. The molecule has 0 aromatic heterocycles. The van der Waals surface area contributed by atoms with Gasteiger partial charge < -0.3 is 5.11 Å². The maximum atomic E-state index is 9.59. The summed E-state index contributed by atoms with van der Waals surface area (Å²) in [5.74, 6) is 0.372. The predicted octanol–water partition coefficient (Wildman–Crippen LogP) is 3.65. The van der Waals surface area contributed by atoms with Gasteiger partial charge >= 0.3 is 0 Å². The van der Waals surface area contributed by atoms with Crippen LogP contribution in [0.3, 0.4) is 0 Å². The standard InChI is InChI=1S/C12H17ClO/c1-9-4-5-11(14)10(8-9)6-7-12(2,3)13/h4-5,8,14H,6-7H2,1-3H3. The lowest BCUT2D eigenvalue weighted by Gasteiger charge is -2.15. The molecule has 14 heavy (non-hydrogen) atoms. The third-order valence-corrected chi connectivity index (χ3v) is 2.41. The summed E-state index contributed by atoms with van der Waals surface area (Å²) in [6.45, 7) is 6.00. The molecular weight excluding hydrogens is 196 g/mol. The van der Waals surface area contributed by atoms with Gasteiger partial charge in [-0.3, -0.25) is 0 Å². The van der Waals surface area contributed by atoms with Crippen molar-refractivity contribution in [3.8, 4) is 5.75 Å². The van der Waals surface area contributed by atoms with Crippen LogP contribution in [-0.2, 0) is 6.42 Å². The number of phenolic OH excluding ortho intramolecular Hbond substituents is 1. The second kappa shape index (κ2) is 4.22. The molecule has 1 N–H and O–H groups in total. The van der Waals surface area contributed by atoms with Crippen molar-refractivity contribution in [2.24, 2.45) is 0 Å². The van der Waals surface area contributed by atoms with E-state index in [1.807, 2.05) is 32.9 Å². The number of hydrogen-bond acceptors (Lipinski definition) is 1. The fraction of sp³-hybridized carbons (Fsp3) is 0.500. The van der Waals surface area contributed by atoms with Crippen molar-refractivity contribution < 1.29 is 5.11 Å². The lowest BCUT2D eigenvalue weighted by atomic mass is 10.00. The van der Waals surface area contributed by atoms with E-state index >= 15 is 0 Å². The maximum Gasteiger partial charge on any atom is 0.118 e. The minimum atomic E-state index is -0.198. The molecule has 1 aromatic rings. The van der Waals surface area contributed by atoms with E-state index in [1.165, 1.54) is 5.56 Å². The van der Waals surface area contributed by atoms with E-state index in [1.54, 1.807) is 6.07 Å². The fourth-order valence-corrected chi connectivity index (χ4v) is 1.44. The number of aromatic hydroxyl groups is 1. The van der Waals surface area contributed by atoms with E-state index in [0.717, 1.165) is 18.4 Å². The van der Waals surface area contributed by atoms with Gasteiger partial charge in [-0.25, -0.2) is 0 Å². The van der Waals surface area contributed by atoms with Gasteiger partial charge in [0.05, 0.1) is 0 Å². The van der Waals surface area contributed by atoms with E-state index < -0.39 is 0 Å². The zero-order chi connectivity index (χ0) is 10.8. The summed E-state index contributed by atoms with van der Waals surface area (Å²) in [6.07, 6.45) is 1.69. The molecular formula is C12H17ClO. The van der Waals surface area contributed by atoms with Crippen LogP contribution in [0.2, 0.25) is 0 Å². The minimum Gasteiger partial charge on any atom is -0.508 e. The molecule has 0 bridgehead atoms. The van der Waals surface area contributed by atoms with Crippen molar-refractivity contribution in [2.45, 2.75) is 38.5 Å². The van der Waals surface area contributed by atoms with Crippen LogP contribution < -0.4 is 0 Å². The largest absolute Gasteiger partial charge is 0.508 e. The van der Waals surface area contributed by atoms with Gasteiger partial charge in [-0.15, -0.1) is 11.6 Å². The topological polar surface area (TPSA) is 20.2 Å². The quantitative estimate of drug-likeness (QED) is 0.759. The van der Waals surface area contributed by atoms with Crippen molar-refractivity contribution in [2.75, 3.05) is 0 Å². The first kappa shape index (κ1) is 11.4. The van der Waals surface area contributed by atoms with Gasteiger partial charge in [0.1, 0.15) is 5.75 Å². The molecule has 0 spiro atoms. The zero-order valence-corrected chi connectivity index (χ0v) is 9.73. The Morgan fingerprint density at radius 1 is 1.36 bits per heavy atom. The molecule has 0 atom stereocenters. The van der Waals surface area contributed by atoms with Gasteiger partial charge in [-0.05, 0) is 45.2 Å². The number of hydrogen-bond donors (Lipinski definition) is 1. The Hall–Kier alpha value is -0.690. The molecule has 0 saturated heterocycles. The second-order valence-electron chi connectivity index (χ2n) is 4.35.